The summed E-state index contributed by atoms with van der Waals surface area (Å²) in [4.78, 5) is 14.4. The van der Waals surface area contributed by atoms with E-state index in [-0.39, 0.29) is 18.2 Å². The first kappa shape index (κ1) is 13.9. The summed E-state index contributed by atoms with van der Waals surface area (Å²) in [6, 6.07) is 7.39. The Balaban J connectivity index is 2.23. The summed E-state index contributed by atoms with van der Waals surface area (Å²) in [5.74, 6) is 0.629. The van der Waals surface area contributed by atoms with Gasteiger partial charge >= 0.3 is 0 Å². The Bertz CT molecular complexity index is 445. The van der Waals surface area contributed by atoms with E-state index in [9.17, 15) is 4.79 Å². The van der Waals surface area contributed by atoms with Gasteiger partial charge in [-0.25, -0.2) is 0 Å². The van der Waals surface area contributed by atoms with Crippen LogP contribution in [0.15, 0.2) is 24.3 Å². The van der Waals surface area contributed by atoms with Crippen molar-refractivity contribution in [1.29, 1.82) is 0 Å². The van der Waals surface area contributed by atoms with Crippen LogP contribution in [0, 0.1) is 0 Å². The molecule has 104 valence electrons. The van der Waals surface area contributed by atoms with E-state index >= 15 is 0 Å². The number of hydrogen-bond donors (Lipinski definition) is 0. The molecule has 0 radical (unpaired) electrons. The summed E-state index contributed by atoms with van der Waals surface area (Å²) < 4.78 is 11.1. The van der Waals surface area contributed by atoms with Crippen molar-refractivity contribution in [2.24, 2.45) is 0 Å². The van der Waals surface area contributed by atoms with Crippen LogP contribution in [0.3, 0.4) is 0 Å². The van der Waals surface area contributed by atoms with Crippen LogP contribution in [-0.2, 0) is 4.74 Å². The summed E-state index contributed by atoms with van der Waals surface area (Å²) in [5.41, 5.74) is 0.611. The number of ether oxygens (including phenoxy) is 2. The molecule has 0 bridgehead atoms. The minimum atomic E-state index is -0.111. The first-order valence-corrected chi connectivity index (χ1v) is 6.73. The summed E-state index contributed by atoms with van der Waals surface area (Å²) in [5, 5.41) is 0. The maximum absolute atomic E-state index is 12.6. The molecule has 1 aliphatic rings. The molecule has 0 N–H and O–H groups in total. The smallest absolute Gasteiger partial charge is 0.259 e. The lowest BCUT2D eigenvalue weighted by Crippen LogP contribution is -2.36. The van der Waals surface area contributed by atoms with Crippen molar-refractivity contribution in [3.8, 4) is 5.75 Å². The lowest BCUT2D eigenvalue weighted by Gasteiger charge is -2.24. The molecule has 1 aromatic rings. The predicted molar refractivity (Wildman–Crippen MR) is 73.3 cm³/mol. The van der Waals surface area contributed by atoms with Crippen LogP contribution in [0.5, 0.6) is 5.75 Å². The van der Waals surface area contributed by atoms with Gasteiger partial charge in [-0.15, -0.1) is 0 Å². The zero-order chi connectivity index (χ0) is 13.8. The monoisotopic (exact) mass is 263 g/mol. The van der Waals surface area contributed by atoms with E-state index in [1.165, 1.54) is 0 Å². The molecule has 1 atom stereocenters. The van der Waals surface area contributed by atoms with Gasteiger partial charge in [-0.2, -0.15) is 0 Å². The van der Waals surface area contributed by atoms with Crippen molar-refractivity contribution in [3.05, 3.63) is 29.8 Å². The first-order chi connectivity index (χ1) is 9.13. The van der Waals surface area contributed by atoms with Crippen LogP contribution in [0.4, 0.5) is 0 Å². The van der Waals surface area contributed by atoms with Gasteiger partial charge in [-0.3, -0.25) is 4.79 Å². The molecule has 1 amide bonds. The van der Waals surface area contributed by atoms with Crippen molar-refractivity contribution in [1.82, 2.24) is 4.90 Å². The average molecular weight is 263 g/mol. The highest BCUT2D eigenvalue weighted by atomic mass is 16.5. The molecule has 0 unspecified atom stereocenters. The Morgan fingerprint density at radius 3 is 2.79 bits per heavy atom. The molecule has 1 aliphatic heterocycles. The quantitative estimate of drug-likeness (QED) is 0.838. The fourth-order valence-electron chi connectivity index (χ4n) is 2.37. The van der Waals surface area contributed by atoms with Crippen molar-refractivity contribution < 1.29 is 14.3 Å². The summed E-state index contributed by atoms with van der Waals surface area (Å²) >= 11 is 0. The van der Waals surface area contributed by atoms with Crippen molar-refractivity contribution in [3.63, 3.8) is 0 Å². The van der Waals surface area contributed by atoms with Crippen LogP contribution in [0.25, 0.3) is 0 Å². The van der Waals surface area contributed by atoms with Gasteiger partial charge in [-0.1, -0.05) is 12.1 Å². The van der Waals surface area contributed by atoms with E-state index in [2.05, 4.69) is 0 Å². The number of nitrogens with zero attached hydrogens (tertiary/aromatic N) is 1. The minimum absolute atomic E-state index is 0.0133. The zero-order valence-corrected chi connectivity index (χ0v) is 11.8. The van der Waals surface area contributed by atoms with Crippen molar-refractivity contribution in [2.75, 3.05) is 13.7 Å². The molecule has 4 heteroatoms. The second-order valence-corrected chi connectivity index (χ2v) is 4.99. The number of rotatable bonds is 4. The van der Waals surface area contributed by atoms with E-state index in [1.54, 1.807) is 12.0 Å². The fraction of sp³-hybridized carbons (Fsp3) is 0.533. The Hall–Kier alpha value is -1.55. The van der Waals surface area contributed by atoms with Crippen LogP contribution >= 0.6 is 0 Å². The van der Waals surface area contributed by atoms with Gasteiger partial charge in [0.2, 0.25) is 0 Å². The zero-order valence-electron chi connectivity index (χ0n) is 11.8. The molecule has 0 aliphatic carbocycles. The number of benzene rings is 1. The lowest BCUT2D eigenvalue weighted by molar-refractivity contribution is 0.00143. The van der Waals surface area contributed by atoms with Gasteiger partial charge in [-0.05, 0) is 38.8 Å². The lowest BCUT2D eigenvalue weighted by atomic mass is 10.1. The number of likely N-dealkylation sites (tertiary alicyclic amines) is 1. The molecular weight excluding hydrogens is 242 g/mol. The highest BCUT2D eigenvalue weighted by Crippen LogP contribution is 2.25. The minimum Gasteiger partial charge on any atom is -0.490 e. The molecule has 1 saturated heterocycles. The highest BCUT2D eigenvalue weighted by Gasteiger charge is 2.30. The third-order valence-corrected chi connectivity index (χ3v) is 3.21. The Kier molecular flexibility index (Phi) is 4.43. The van der Waals surface area contributed by atoms with Crippen LogP contribution in [0.1, 0.15) is 37.0 Å². The molecular formula is C15H21NO3. The van der Waals surface area contributed by atoms with E-state index in [1.807, 2.05) is 38.1 Å². The molecule has 0 spiro atoms. The Morgan fingerprint density at radius 2 is 2.11 bits per heavy atom. The van der Waals surface area contributed by atoms with Crippen molar-refractivity contribution >= 4 is 5.91 Å². The SMILES string of the molecule is CO[C@H]1CCCN1C(=O)c1ccccc1OC(C)C. The molecule has 1 fully saturated rings. The summed E-state index contributed by atoms with van der Waals surface area (Å²) in [7, 11) is 1.65. The summed E-state index contributed by atoms with van der Waals surface area (Å²) in [6.45, 7) is 4.65. The van der Waals surface area contributed by atoms with Gasteiger partial charge in [0.1, 0.15) is 12.0 Å². The van der Waals surface area contributed by atoms with E-state index in [4.69, 9.17) is 9.47 Å². The largest absolute Gasteiger partial charge is 0.490 e. The molecule has 19 heavy (non-hydrogen) atoms. The van der Waals surface area contributed by atoms with E-state index in [0.29, 0.717) is 11.3 Å². The second kappa shape index (κ2) is 6.06. The number of hydrogen-bond acceptors (Lipinski definition) is 3. The molecule has 4 nitrogen and oxygen atoms in total. The standard InChI is InChI=1S/C15H21NO3/c1-11(2)19-13-8-5-4-7-12(13)15(17)16-10-6-9-14(16)18-3/h4-5,7-8,11,14H,6,9-10H2,1-3H3/t14-/m0/s1. The molecule has 1 aromatic carbocycles. The molecule has 0 saturated carbocycles. The van der Waals surface area contributed by atoms with E-state index < -0.39 is 0 Å². The number of methoxy groups -OCH3 is 1. The topological polar surface area (TPSA) is 38.8 Å². The van der Waals surface area contributed by atoms with Crippen molar-refractivity contribution in [2.45, 2.75) is 39.0 Å². The Labute approximate surface area is 114 Å². The Morgan fingerprint density at radius 1 is 1.37 bits per heavy atom. The van der Waals surface area contributed by atoms with Crippen LogP contribution in [-0.4, -0.2) is 36.8 Å². The van der Waals surface area contributed by atoms with Gasteiger partial charge in [0.15, 0.2) is 0 Å². The highest BCUT2D eigenvalue weighted by molar-refractivity contribution is 5.97. The number of carbonyl (C=O) groups excluding carboxylic acids is 1. The second-order valence-electron chi connectivity index (χ2n) is 4.99. The third-order valence-electron chi connectivity index (χ3n) is 3.21. The number of carbonyl (C=O) groups is 1. The third kappa shape index (κ3) is 3.07. The number of amides is 1. The maximum atomic E-state index is 12.6. The predicted octanol–water partition coefficient (Wildman–Crippen LogP) is 2.68. The average Bonchev–Trinajstić information content (AvgIpc) is 2.86. The number of para-hydroxylation sites is 1. The van der Waals surface area contributed by atoms with Crippen LogP contribution < -0.4 is 4.74 Å². The maximum Gasteiger partial charge on any atom is 0.259 e. The van der Waals surface area contributed by atoms with Gasteiger partial charge in [0.25, 0.3) is 5.91 Å². The molecule has 0 aromatic heterocycles. The van der Waals surface area contributed by atoms with Gasteiger partial charge < -0.3 is 14.4 Å². The normalized spacial score (nSPS) is 18.9. The van der Waals surface area contributed by atoms with Crippen LogP contribution in [0.2, 0.25) is 0 Å². The van der Waals surface area contributed by atoms with Gasteiger partial charge in [0, 0.05) is 13.7 Å². The molecule has 2 rings (SSSR count). The molecule has 1 heterocycles. The first-order valence-electron chi connectivity index (χ1n) is 6.73. The van der Waals surface area contributed by atoms with E-state index in [0.717, 1.165) is 19.4 Å². The van der Waals surface area contributed by atoms with Gasteiger partial charge in [0.05, 0.1) is 11.7 Å². The fourth-order valence-corrected chi connectivity index (χ4v) is 2.37. The summed E-state index contributed by atoms with van der Waals surface area (Å²) in [6.07, 6.45) is 1.82.